The van der Waals surface area contributed by atoms with Gasteiger partial charge in [-0.2, -0.15) is 0 Å². The van der Waals surface area contributed by atoms with Crippen LogP contribution in [-0.2, 0) is 14.3 Å². The Labute approximate surface area is 82.0 Å². The third kappa shape index (κ3) is 2.97. The first-order chi connectivity index (χ1) is 6.61. The molecule has 0 aromatic rings. The number of hydrogen-bond donors (Lipinski definition) is 3. The number of rotatable bonds is 3. The van der Waals surface area contributed by atoms with Crippen molar-refractivity contribution in [3.63, 3.8) is 0 Å². The SMILES string of the molecule is NC(=O)[C@@H](N)C[C@@H]1OCCCNC1=O. The van der Waals surface area contributed by atoms with Gasteiger partial charge in [0.05, 0.1) is 6.04 Å². The molecule has 0 aromatic heterocycles. The van der Waals surface area contributed by atoms with Gasteiger partial charge in [-0.25, -0.2) is 0 Å². The fourth-order valence-electron chi connectivity index (χ4n) is 1.22. The summed E-state index contributed by atoms with van der Waals surface area (Å²) < 4.78 is 5.24. The predicted molar refractivity (Wildman–Crippen MR) is 49.2 cm³/mol. The Morgan fingerprint density at radius 2 is 2.43 bits per heavy atom. The van der Waals surface area contributed by atoms with Gasteiger partial charge in [0.2, 0.25) is 11.8 Å². The maximum absolute atomic E-state index is 11.3. The summed E-state index contributed by atoms with van der Waals surface area (Å²) in [5, 5.41) is 2.67. The normalized spacial score (nSPS) is 24.9. The van der Waals surface area contributed by atoms with Crippen molar-refractivity contribution in [3.8, 4) is 0 Å². The molecule has 0 saturated carbocycles. The monoisotopic (exact) mass is 201 g/mol. The average Bonchev–Trinajstić information content (AvgIpc) is 2.32. The van der Waals surface area contributed by atoms with Crippen molar-refractivity contribution in [1.29, 1.82) is 0 Å². The Hall–Kier alpha value is -1.14. The minimum Gasteiger partial charge on any atom is -0.368 e. The number of nitrogens with one attached hydrogen (secondary N) is 1. The quantitative estimate of drug-likeness (QED) is 0.495. The first-order valence-electron chi connectivity index (χ1n) is 4.55. The van der Waals surface area contributed by atoms with E-state index in [-0.39, 0.29) is 12.3 Å². The zero-order chi connectivity index (χ0) is 10.6. The zero-order valence-corrected chi connectivity index (χ0v) is 7.86. The van der Waals surface area contributed by atoms with E-state index in [1.807, 2.05) is 0 Å². The van der Waals surface area contributed by atoms with Crippen LogP contribution < -0.4 is 16.8 Å². The number of amides is 2. The molecule has 1 aliphatic heterocycles. The fraction of sp³-hybridized carbons (Fsp3) is 0.750. The highest BCUT2D eigenvalue weighted by Crippen LogP contribution is 2.05. The smallest absolute Gasteiger partial charge is 0.249 e. The van der Waals surface area contributed by atoms with Crippen LogP contribution in [0.2, 0.25) is 0 Å². The second kappa shape index (κ2) is 4.92. The lowest BCUT2D eigenvalue weighted by Crippen LogP contribution is -2.44. The lowest BCUT2D eigenvalue weighted by molar-refractivity contribution is -0.132. The van der Waals surface area contributed by atoms with E-state index in [9.17, 15) is 9.59 Å². The van der Waals surface area contributed by atoms with Crippen molar-refractivity contribution < 1.29 is 14.3 Å². The Kier molecular flexibility index (Phi) is 3.84. The molecule has 1 aliphatic rings. The van der Waals surface area contributed by atoms with Crippen LogP contribution in [0.15, 0.2) is 0 Å². The van der Waals surface area contributed by atoms with E-state index in [1.165, 1.54) is 0 Å². The van der Waals surface area contributed by atoms with Crippen LogP contribution in [0.5, 0.6) is 0 Å². The number of primary amides is 1. The molecule has 0 spiro atoms. The van der Waals surface area contributed by atoms with Crippen LogP contribution in [0.1, 0.15) is 12.8 Å². The molecule has 6 nitrogen and oxygen atoms in total. The molecule has 1 rings (SSSR count). The van der Waals surface area contributed by atoms with Crippen molar-refractivity contribution in [2.75, 3.05) is 13.2 Å². The van der Waals surface area contributed by atoms with Crippen molar-refractivity contribution in [2.24, 2.45) is 11.5 Å². The third-order valence-corrected chi connectivity index (χ3v) is 2.07. The largest absolute Gasteiger partial charge is 0.368 e. The zero-order valence-electron chi connectivity index (χ0n) is 7.86. The Morgan fingerprint density at radius 3 is 3.07 bits per heavy atom. The second-order valence-corrected chi connectivity index (χ2v) is 3.25. The van der Waals surface area contributed by atoms with Crippen molar-refractivity contribution >= 4 is 11.8 Å². The van der Waals surface area contributed by atoms with Crippen LogP contribution in [0, 0.1) is 0 Å². The molecule has 0 unspecified atom stereocenters. The first-order valence-corrected chi connectivity index (χ1v) is 4.55. The number of carbonyl (C=O) groups is 2. The Bertz CT molecular complexity index is 232. The van der Waals surface area contributed by atoms with Crippen LogP contribution in [0.4, 0.5) is 0 Å². The van der Waals surface area contributed by atoms with Gasteiger partial charge in [0.25, 0.3) is 0 Å². The molecular formula is C8H15N3O3. The summed E-state index contributed by atoms with van der Waals surface area (Å²) in [5.74, 6) is -0.843. The van der Waals surface area contributed by atoms with E-state index in [0.717, 1.165) is 6.42 Å². The van der Waals surface area contributed by atoms with Gasteiger partial charge in [-0.15, -0.1) is 0 Å². The lowest BCUT2D eigenvalue weighted by Gasteiger charge is -2.16. The molecule has 0 aromatic carbocycles. The Morgan fingerprint density at radius 1 is 1.71 bits per heavy atom. The fourth-order valence-corrected chi connectivity index (χ4v) is 1.22. The van der Waals surface area contributed by atoms with Gasteiger partial charge < -0.3 is 21.5 Å². The third-order valence-electron chi connectivity index (χ3n) is 2.07. The molecule has 80 valence electrons. The van der Waals surface area contributed by atoms with Gasteiger partial charge in [0, 0.05) is 19.6 Å². The van der Waals surface area contributed by atoms with E-state index in [2.05, 4.69) is 5.32 Å². The molecule has 0 aliphatic carbocycles. The van der Waals surface area contributed by atoms with Gasteiger partial charge >= 0.3 is 0 Å². The molecule has 1 fully saturated rings. The minimum absolute atomic E-state index is 0.140. The highest BCUT2D eigenvalue weighted by Gasteiger charge is 2.25. The maximum atomic E-state index is 11.3. The van der Waals surface area contributed by atoms with Gasteiger partial charge in [-0.3, -0.25) is 9.59 Å². The van der Waals surface area contributed by atoms with E-state index in [0.29, 0.717) is 13.2 Å². The molecule has 0 radical (unpaired) electrons. The summed E-state index contributed by atoms with van der Waals surface area (Å²) in [7, 11) is 0. The van der Waals surface area contributed by atoms with Crippen LogP contribution in [-0.4, -0.2) is 37.1 Å². The summed E-state index contributed by atoms with van der Waals surface area (Å²) in [6.45, 7) is 1.09. The molecular weight excluding hydrogens is 186 g/mol. The van der Waals surface area contributed by atoms with E-state index in [1.54, 1.807) is 0 Å². The van der Waals surface area contributed by atoms with Crippen molar-refractivity contribution in [3.05, 3.63) is 0 Å². The molecule has 0 bridgehead atoms. The summed E-state index contributed by atoms with van der Waals surface area (Å²) in [6.07, 6.45) is 0.259. The lowest BCUT2D eigenvalue weighted by atomic mass is 10.1. The summed E-state index contributed by atoms with van der Waals surface area (Å²) in [5.41, 5.74) is 10.4. The summed E-state index contributed by atoms with van der Waals surface area (Å²) in [6, 6.07) is -0.830. The van der Waals surface area contributed by atoms with Crippen molar-refractivity contribution in [2.45, 2.75) is 25.0 Å². The summed E-state index contributed by atoms with van der Waals surface area (Å²) in [4.78, 5) is 22.0. The molecule has 2 amide bonds. The topological polar surface area (TPSA) is 107 Å². The number of nitrogens with two attached hydrogens (primary N) is 2. The van der Waals surface area contributed by atoms with Gasteiger partial charge in [0.1, 0.15) is 6.10 Å². The highest BCUT2D eigenvalue weighted by atomic mass is 16.5. The average molecular weight is 201 g/mol. The number of hydrogen-bond acceptors (Lipinski definition) is 4. The molecule has 1 saturated heterocycles. The minimum atomic E-state index is -0.830. The molecule has 14 heavy (non-hydrogen) atoms. The second-order valence-electron chi connectivity index (χ2n) is 3.25. The molecule has 2 atom stereocenters. The molecule has 6 heteroatoms. The van der Waals surface area contributed by atoms with Crippen LogP contribution in [0.3, 0.4) is 0 Å². The van der Waals surface area contributed by atoms with Gasteiger partial charge in [0.15, 0.2) is 0 Å². The number of ether oxygens (including phenoxy) is 1. The first kappa shape index (κ1) is 10.9. The van der Waals surface area contributed by atoms with Gasteiger partial charge in [-0.1, -0.05) is 0 Å². The molecule has 1 heterocycles. The van der Waals surface area contributed by atoms with Crippen molar-refractivity contribution in [1.82, 2.24) is 5.32 Å². The van der Waals surface area contributed by atoms with E-state index >= 15 is 0 Å². The van der Waals surface area contributed by atoms with E-state index < -0.39 is 18.1 Å². The highest BCUT2D eigenvalue weighted by molar-refractivity contribution is 5.84. The van der Waals surface area contributed by atoms with Crippen LogP contribution >= 0.6 is 0 Å². The van der Waals surface area contributed by atoms with Crippen LogP contribution in [0.25, 0.3) is 0 Å². The summed E-state index contributed by atoms with van der Waals surface area (Å²) >= 11 is 0. The standard InChI is InChI=1S/C8H15N3O3/c9-5(7(10)12)4-6-8(13)11-2-1-3-14-6/h5-6H,1-4,9H2,(H2,10,12)(H,11,13)/t5-,6-/m0/s1. The number of carbonyl (C=O) groups excluding carboxylic acids is 2. The predicted octanol–water partition coefficient (Wildman–Crippen LogP) is -1.91. The molecule has 5 N–H and O–H groups in total. The maximum Gasteiger partial charge on any atom is 0.249 e. The Balaban J connectivity index is 2.48. The van der Waals surface area contributed by atoms with E-state index in [4.69, 9.17) is 16.2 Å². The van der Waals surface area contributed by atoms with Gasteiger partial charge in [-0.05, 0) is 6.42 Å².